The summed E-state index contributed by atoms with van der Waals surface area (Å²) in [6.07, 6.45) is 0. The molecule has 0 amide bonds. The van der Waals surface area contributed by atoms with E-state index in [4.69, 9.17) is 4.98 Å². The number of anilines is 2. The summed E-state index contributed by atoms with van der Waals surface area (Å²) in [5.41, 5.74) is 16.6. The second-order valence-corrected chi connectivity index (χ2v) is 13.5. The van der Waals surface area contributed by atoms with Crippen LogP contribution in [0.15, 0.2) is 187 Å². The Kier molecular flexibility index (Phi) is 7.33. The van der Waals surface area contributed by atoms with Gasteiger partial charge in [0.1, 0.15) is 0 Å². The molecule has 1 aliphatic rings. The smallest absolute Gasteiger partial charge is 0.0859 e. The van der Waals surface area contributed by atoms with Gasteiger partial charge >= 0.3 is 0 Å². The molecular formula is C49H34N4. The number of hydrogen-bond donors (Lipinski definition) is 0. The van der Waals surface area contributed by atoms with E-state index in [1.54, 1.807) is 0 Å². The SMILES string of the molecule is C=Nc1ccccc1N1Cc2c(ccc3c4ccccc4n(-c4cccc(-c5cc(-c6ccccc6)cc(-c6ccccc6)n5)c4)c23)-c2ccccc21. The van der Waals surface area contributed by atoms with E-state index in [-0.39, 0.29) is 0 Å². The van der Waals surface area contributed by atoms with Gasteiger partial charge in [-0.3, -0.25) is 4.99 Å². The van der Waals surface area contributed by atoms with Crippen LogP contribution < -0.4 is 4.90 Å². The van der Waals surface area contributed by atoms with E-state index in [1.807, 2.05) is 18.2 Å². The number of pyridine rings is 1. The summed E-state index contributed by atoms with van der Waals surface area (Å²) in [7, 11) is 0. The van der Waals surface area contributed by atoms with Crippen LogP contribution in [0.1, 0.15) is 5.56 Å². The maximum atomic E-state index is 5.27. The van der Waals surface area contributed by atoms with Crippen LogP contribution in [0.3, 0.4) is 0 Å². The first-order chi connectivity index (χ1) is 26.2. The van der Waals surface area contributed by atoms with Gasteiger partial charge in [-0.2, -0.15) is 0 Å². The lowest BCUT2D eigenvalue weighted by Crippen LogP contribution is -2.22. The largest absolute Gasteiger partial charge is 0.335 e. The quantitative estimate of drug-likeness (QED) is 0.164. The van der Waals surface area contributed by atoms with E-state index in [0.717, 1.165) is 50.7 Å². The molecule has 10 rings (SSSR count). The maximum Gasteiger partial charge on any atom is 0.0859 e. The van der Waals surface area contributed by atoms with E-state index in [1.165, 1.54) is 44.2 Å². The van der Waals surface area contributed by atoms with Crippen molar-refractivity contribution in [1.82, 2.24) is 9.55 Å². The van der Waals surface area contributed by atoms with Crippen molar-refractivity contribution in [1.29, 1.82) is 0 Å². The highest BCUT2D eigenvalue weighted by atomic mass is 15.2. The Morgan fingerprint density at radius 1 is 0.491 bits per heavy atom. The Morgan fingerprint density at radius 3 is 1.96 bits per heavy atom. The zero-order valence-electron chi connectivity index (χ0n) is 29.0. The van der Waals surface area contributed by atoms with Gasteiger partial charge in [0.05, 0.1) is 40.3 Å². The molecule has 0 fully saturated rings. The number of aromatic nitrogens is 2. The predicted octanol–water partition coefficient (Wildman–Crippen LogP) is 12.8. The number of para-hydroxylation sites is 4. The Hall–Kier alpha value is -7.04. The van der Waals surface area contributed by atoms with Gasteiger partial charge in [0.2, 0.25) is 0 Å². The molecule has 250 valence electrons. The normalized spacial score (nSPS) is 12.1. The second kappa shape index (κ2) is 12.6. The van der Waals surface area contributed by atoms with Gasteiger partial charge in [-0.25, -0.2) is 4.98 Å². The molecule has 0 atom stereocenters. The summed E-state index contributed by atoms with van der Waals surface area (Å²) >= 11 is 0. The fourth-order valence-corrected chi connectivity index (χ4v) is 8.06. The average Bonchev–Trinajstić information content (AvgIpc) is 3.59. The molecule has 0 unspecified atom stereocenters. The van der Waals surface area contributed by atoms with Gasteiger partial charge in [-0.05, 0) is 71.9 Å². The molecule has 0 N–H and O–H groups in total. The third-order valence-corrected chi connectivity index (χ3v) is 10.5. The molecule has 9 aromatic rings. The van der Waals surface area contributed by atoms with Crippen molar-refractivity contribution in [3.05, 3.63) is 188 Å². The molecule has 1 aliphatic heterocycles. The van der Waals surface area contributed by atoms with Crippen molar-refractivity contribution in [2.45, 2.75) is 6.54 Å². The summed E-state index contributed by atoms with van der Waals surface area (Å²) in [5, 5.41) is 2.46. The van der Waals surface area contributed by atoms with Crippen LogP contribution in [-0.4, -0.2) is 16.3 Å². The molecule has 0 saturated heterocycles. The maximum absolute atomic E-state index is 5.27. The highest BCUT2D eigenvalue weighted by molar-refractivity contribution is 6.12. The van der Waals surface area contributed by atoms with Gasteiger partial charge in [0, 0.05) is 44.4 Å². The van der Waals surface area contributed by atoms with Gasteiger partial charge < -0.3 is 9.47 Å². The standard InChI is InChI=1S/C49H34N4/c1-50-43-23-10-13-26-48(43)52-32-42-38(39-21-8-11-24-46(39)52)27-28-41-40-22-9-12-25-47(40)53(49(41)42)37-20-14-19-35(29-37)45-31-36(33-15-4-2-5-16-33)30-44(51-45)34-17-6-3-7-18-34/h2-31H,1,32H2. The minimum Gasteiger partial charge on any atom is -0.335 e. The van der Waals surface area contributed by atoms with Gasteiger partial charge in [0.15, 0.2) is 0 Å². The molecule has 0 saturated carbocycles. The third-order valence-electron chi connectivity index (χ3n) is 10.5. The summed E-state index contributed by atoms with van der Waals surface area (Å²) < 4.78 is 2.45. The highest BCUT2D eigenvalue weighted by Gasteiger charge is 2.28. The topological polar surface area (TPSA) is 33.4 Å². The molecule has 0 radical (unpaired) electrons. The van der Waals surface area contributed by atoms with Crippen molar-refractivity contribution in [3.8, 4) is 50.5 Å². The molecule has 2 aromatic heterocycles. The Balaban J connectivity index is 1.20. The lowest BCUT2D eigenvalue weighted by Gasteiger charge is -2.34. The molecule has 4 heteroatoms. The molecule has 3 heterocycles. The van der Waals surface area contributed by atoms with Crippen molar-refractivity contribution in [2.75, 3.05) is 4.90 Å². The van der Waals surface area contributed by atoms with Crippen LogP contribution >= 0.6 is 0 Å². The van der Waals surface area contributed by atoms with Crippen molar-refractivity contribution < 1.29 is 0 Å². The van der Waals surface area contributed by atoms with Gasteiger partial charge in [-0.15, -0.1) is 0 Å². The summed E-state index contributed by atoms with van der Waals surface area (Å²) in [5.74, 6) is 0. The lowest BCUT2D eigenvalue weighted by molar-refractivity contribution is 0.961. The molecule has 0 bridgehead atoms. The van der Waals surface area contributed by atoms with Crippen LogP contribution in [0.4, 0.5) is 17.1 Å². The summed E-state index contributed by atoms with van der Waals surface area (Å²) in [6, 6.07) is 64.6. The van der Waals surface area contributed by atoms with E-state index >= 15 is 0 Å². The van der Waals surface area contributed by atoms with Crippen LogP contribution in [0.25, 0.3) is 72.3 Å². The third kappa shape index (κ3) is 5.15. The Labute approximate surface area is 308 Å². The lowest BCUT2D eigenvalue weighted by atomic mass is 9.91. The fraction of sp³-hybridized carbons (Fsp3) is 0.0204. The molecular weight excluding hydrogens is 645 g/mol. The van der Waals surface area contributed by atoms with E-state index < -0.39 is 0 Å². The molecule has 7 aromatic carbocycles. The Bertz CT molecular complexity index is 2780. The van der Waals surface area contributed by atoms with Crippen molar-refractivity contribution in [2.24, 2.45) is 4.99 Å². The minimum atomic E-state index is 0.688. The fourth-order valence-electron chi connectivity index (χ4n) is 8.06. The highest BCUT2D eigenvalue weighted by Crippen LogP contribution is 2.48. The number of fused-ring (bicyclic) bond motifs is 7. The zero-order chi connectivity index (χ0) is 35.3. The van der Waals surface area contributed by atoms with Crippen LogP contribution in [-0.2, 0) is 6.54 Å². The second-order valence-electron chi connectivity index (χ2n) is 13.5. The molecule has 53 heavy (non-hydrogen) atoms. The number of nitrogens with zero attached hydrogens (tertiary/aromatic N) is 4. The Morgan fingerprint density at radius 2 is 1.15 bits per heavy atom. The van der Waals surface area contributed by atoms with Gasteiger partial charge in [-0.1, -0.05) is 133 Å². The summed E-state index contributed by atoms with van der Waals surface area (Å²) in [6.45, 7) is 4.60. The number of hydrogen-bond acceptors (Lipinski definition) is 3. The van der Waals surface area contributed by atoms with Crippen LogP contribution in [0, 0.1) is 0 Å². The monoisotopic (exact) mass is 678 g/mol. The molecule has 0 spiro atoms. The van der Waals surface area contributed by atoms with Crippen LogP contribution in [0.5, 0.6) is 0 Å². The molecule has 0 aliphatic carbocycles. The van der Waals surface area contributed by atoms with E-state index in [2.05, 4.69) is 185 Å². The predicted molar refractivity (Wildman–Crippen MR) is 222 cm³/mol. The first kappa shape index (κ1) is 30.8. The number of aliphatic imine (C=N–C) groups is 1. The summed E-state index contributed by atoms with van der Waals surface area (Å²) in [4.78, 5) is 12.1. The van der Waals surface area contributed by atoms with Gasteiger partial charge in [0.25, 0.3) is 0 Å². The average molecular weight is 679 g/mol. The zero-order valence-corrected chi connectivity index (χ0v) is 29.0. The number of benzene rings is 7. The van der Waals surface area contributed by atoms with Crippen LogP contribution in [0.2, 0.25) is 0 Å². The van der Waals surface area contributed by atoms with E-state index in [9.17, 15) is 0 Å². The van der Waals surface area contributed by atoms with Crippen molar-refractivity contribution >= 4 is 45.6 Å². The minimum absolute atomic E-state index is 0.688. The first-order valence-electron chi connectivity index (χ1n) is 18.0. The molecule has 4 nitrogen and oxygen atoms in total. The van der Waals surface area contributed by atoms with E-state index in [0.29, 0.717) is 6.54 Å². The first-order valence-corrected chi connectivity index (χ1v) is 18.0. The van der Waals surface area contributed by atoms with Crippen molar-refractivity contribution in [3.63, 3.8) is 0 Å². The number of rotatable bonds is 6.